The van der Waals surface area contributed by atoms with Crippen molar-refractivity contribution in [3.8, 4) is 11.5 Å². The maximum atomic E-state index is 12.4. The van der Waals surface area contributed by atoms with Crippen molar-refractivity contribution in [1.82, 2.24) is 9.19 Å². The number of aryl methyl sites for hydroxylation is 1. The van der Waals surface area contributed by atoms with Crippen LogP contribution in [0.25, 0.3) is 0 Å². The third-order valence-corrected chi connectivity index (χ3v) is 4.31. The lowest BCUT2D eigenvalue weighted by Gasteiger charge is -2.10. The van der Waals surface area contributed by atoms with Crippen molar-refractivity contribution in [1.29, 1.82) is 0 Å². The first-order valence-electron chi connectivity index (χ1n) is 5.66. The predicted molar refractivity (Wildman–Crippen MR) is 71.9 cm³/mol. The Kier molecular flexibility index (Phi) is 3.58. The van der Waals surface area contributed by atoms with E-state index in [-0.39, 0.29) is 10.6 Å². The Morgan fingerprint density at radius 3 is 2.25 bits per heavy atom. The van der Waals surface area contributed by atoms with Gasteiger partial charge >= 0.3 is 0 Å². The largest absolute Gasteiger partial charge is 0.493 e. The van der Waals surface area contributed by atoms with Crippen LogP contribution in [0.4, 0.5) is 0 Å². The Morgan fingerprint density at radius 1 is 1.10 bits per heavy atom. The summed E-state index contributed by atoms with van der Waals surface area (Å²) in [6.07, 6.45) is 0. The van der Waals surface area contributed by atoms with Crippen LogP contribution in [0, 0.1) is 6.92 Å². The fourth-order valence-electron chi connectivity index (χ4n) is 1.75. The summed E-state index contributed by atoms with van der Waals surface area (Å²) in [7, 11) is -1.14. The summed E-state index contributed by atoms with van der Waals surface area (Å²) in [6.45, 7) is 1.60. The normalized spacial score (nSPS) is 11.3. The molecular formula is C12H14N2O5S. The number of H-pyrrole nitrogens is 1. The molecule has 0 amide bonds. The highest BCUT2D eigenvalue weighted by Gasteiger charge is 2.21. The monoisotopic (exact) mass is 298 g/mol. The molecular weight excluding hydrogens is 284 g/mol. The van der Waals surface area contributed by atoms with Gasteiger partial charge in [-0.3, -0.25) is 9.89 Å². The molecule has 0 atom stereocenters. The van der Waals surface area contributed by atoms with E-state index in [0.29, 0.717) is 15.5 Å². The lowest BCUT2D eigenvalue weighted by molar-refractivity contribution is 0.354. The number of benzene rings is 1. The third-order valence-electron chi connectivity index (χ3n) is 2.71. The van der Waals surface area contributed by atoms with Gasteiger partial charge in [-0.2, -0.15) is 8.42 Å². The summed E-state index contributed by atoms with van der Waals surface area (Å²) in [6, 6.07) is 5.32. The topological polar surface area (TPSA) is 90.4 Å². The van der Waals surface area contributed by atoms with Crippen LogP contribution in [-0.4, -0.2) is 31.8 Å². The first kappa shape index (κ1) is 14.2. The molecule has 1 heterocycles. The molecule has 2 rings (SSSR count). The average Bonchev–Trinajstić information content (AvgIpc) is 2.77. The minimum absolute atomic E-state index is 0.0703. The summed E-state index contributed by atoms with van der Waals surface area (Å²) >= 11 is 0. The summed E-state index contributed by atoms with van der Waals surface area (Å²) in [5.74, 6) is 0.673. The van der Waals surface area contributed by atoms with Crippen LogP contribution in [-0.2, 0) is 10.0 Å². The number of nitrogens with one attached hydrogen (secondary N) is 1. The molecule has 0 aliphatic rings. The highest BCUT2D eigenvalue weighted by molar-refractivity contribution is 7.89. The molecule has 8 heteroatoms. The van der Waals surface area contributed by atoms with Crippen molar-refractivity contribution < 1.29 is 17.9 Å². The lowest BCUT2D eigenvalue weighted by Crippen LogP contribution is -2.25. The van der Waals surface area contributed by atoms with Crippen LogP contribution in [0.15, 0.2) is 34.0 Å². The second-order valence-corrected chi connectivity index (χ2v) is 5.85. The van der Waals surface area contributed by atoms with E-state index in [0.717, 1.165) is 0 Å². The molecule has 1 aromatic carbocycles. The Hall–Kier alpha value is -2.22. The molecule has 0 bridgehead atoms. The highest BCUT2D eigenvalue weighted by Crippen LogP contribution is 2.29. The maximum absolute atomic E-state index is 12.4. The standard InChI is InChI=1S/C12H14N2O5S/c1-8-6-12(15)14(13-8)20(16,17)9-4-5-10(18-2)11(7-9)19-3/h4-7,13H,1-3H3. The molecule has 0 fully saturated rings. The molecule has 1 aromatic heterocycles. The van der Waals surface area contributed by atoms with Gasteiger partial charge in [0.25, 0.3) is 15.6 Å². The zero-order valence-electron chi connectivity index (χ0n) is 11.2. The van der Waals surface area contributed by atoms with Crippen LogP contribution in [0.1, 0.15) is 5.69 Å². The number of aromatic amines is 1. The molecule has 0 aliphatic carbocycles. The number of aromatic nitrogens is 2. The molecule has 0 unspecified atom stereocenters. The Bertz CT molecular complexity index is 788. The zero-order chi connectivity index (χ0) is 14.9. The van der Waals surface area contributed by atoms with Gasteiger partial charge in [0.15, 0.2) is 11.5 Å². The van der Waals surface area contributed by atoms with Gasteiger partial charge < -0.3 is 9.47 Å². The Labute approximate surface area is 115 Å². The molecule has 1 N–H and O–H groups in total. The molecule has 7 nitrogen and oxygen atoms in total. The van der Waals surface area contributed by atoms with Gasteiger partial charge in [-0.1, -0.05) is 0 Å². The number of hydrogen-bond donors (Lipinski definition) is 1. The molecule has 20 heavy (non-hydrogen) atoms. The number of methoxy groups -OCH3 is 2. The van der Waals surface area contributed by atoms with Gasteiger partial charge in [-0.15, -0.1) is 4.09 Å². The number of ether oxygens (including phenoxy) is 2. The molecule has 0 saturated carbocycles. The van der Waals surface area contributed by atoms with Crippen molar-refractivity contribution in [2.24, 2.45) is 0 Å². The summed E-state index contributed by atoms with van der Waals surface area (Å²) in [5, 5.41) is 2.49. The van der Waals surface area contributed by atoms with Crippen LogP contribution < -0.4 is 15.0 Å². The van der Waals surface area contributed by atoms with Crippen LogP contribution in [0.2, 0.25) is 0 Å². The molecule has 0 saturated heterocycles. The third kappa shape index (κ3) is 2.29. The SMILES string of the molecule is COc1ccc(S(=O)(=O)n2[nH]c(C)cc2=O)cc1OC. The van der Waals surface area contributed by atoms with E-state index in [1.165, 1.54) is 38.5 Å². The minimum Gasteiger partial charge on any atom is -0.493 e. The molecule has 0 spiro atoms. The van der Waals surface area contributed by atoms with Gasteiger partial charge in [0.1, 0.15) is 0 Å². The van der Waals surface area contributed by atoms with Gasteiger partial charge in [-0.05, 0) is 19.1 Å². The van der Waals surface area contributed by atoms with Gasteiger partial charge in [-0.25, -0.2) is 0 Å². The van der Waals surface area contributed by atoms with Crippen LogP contribution in [0.3, 0.4) is 0 Å². The minimum atomic E-state index is -3.99. The molecule has 0 radical (unpaired) electrons. The zero-order valence-corrected chi connectivity index (χ0v) is 12.0. The quantitative estimate of drug-likeness (QED) is 0.899. The van der Waals surface area contributed by atoms with Crippen molar-refractivity contribution in [2.45, 2.75) is 11.8 Å². The number of nitrogens with zero attached hydrogens (tertiary/aromatic N) is 1. The first-order valence-corrected chi connectivity index (χ1v) is 7.10. The highest BCUT2D eigenvalue weighted by atomic mass is 32.2. The van der Waals surface area contributed by atoms with E-state index in [2.05, 4.69) is 5.10 Å². The molecule has 108 valence electrons. The van der Waals surface area contributed by atoms with Crippen molar-refractivity contribution in [3.63, 3.8) is 0 Å². The number of hydrogen-bond acceptors (Lipinski definition) is 5. The van der Waals surface area contributed by atoms with Crippen molar-refractivity contribution in [2.75, 3.05) is 14.2 Å². The molecule has 0 aliphatic heterocycles. The van der Waals surface area contributed by atoms with E-state index in [4.69, 9.17) is 9.47 Å². The fourth-order valence-corrected chi connectivity index (χ4v) is 3.01. The van der Waals surface area contributed by atoms with Gasteiger partial charge in [0, 0.05) is 17.8 Å². The van der Waals surface area contributed by atoms with Crippen LogP contribution >= 0.6 is 0 Å². The lowest BCUT2D eigenvalue weighted by atomic mass is 10.3. The van der Waals surface area contributed by atoms with Crippen molar-refractivity contribution in [3.05, 3.63) is 40.3 Å². The fraction of sp³-hybridized carbons (Fsp3) is 0.250. The Balaban J connectivity index is 2.61. The smallest absolute Gasteiger partial charge is 0.284 e. The second kappa shape index (κ2) is 5.04. The summed E-state index contributed by atoms with van der Waals surface area (Å²) in [4.78, 5) is 11.6. The summed E-state index contributed by atoms with van der Waals surface area (Å²) in [5.41, 5.74) is -0.184. The van der Waals surface area contributed by atoms with E-state index >= 15 is 0 Å². The van der Waals surface area contributed by atoms with Crippen molar-refractivity contribution >= 4 is 10.0 Å². The first-order chi connectivity index (χ1) is 9.40. The van der Waals surface area contributed by atoms with Crippen LogP contribution in [0.5, 0.6) is 11.5 Å². The van der Waals surface area contributed by atoms with E-state index in [9.17, 15) is 13.2 Å². The van der Waals surface area contributed by atoms with Gasteiger partial charge in [0.2, 0.25) is 0 Å². The van der Waals surface area contributed by atoms with E-state index in [1.54, 1.807) is 6.92 Å². The average molecular weight is 298 g/mol. The predicted octanol–water partition coefficient (Wildman–Crippen LogP) is 0.739. The Morgan fingerprint density at radius 2 is 1.75 bits per heavy atom. The van der Waals surface area contributed by atoms with E-state index < -0.39 is 15.6 Å². The van der Waals surface area contributed by atoms with Gasteiger partial charge in [0.05, 0.1) is 19.1 Å². The second-order valence-electron chi connectivity index (χ2n) is 4.06. The summed E-state index contributed by atoms with van der Waals surface area (Å²) < 4.78 is 35.4. The molecule has 2 aromatic rings. The maximum Gasteiger partial charge on any atom is 0.284 e. The van der Waals surface area contributed by atoms with E-state index in [1.807, 2.05) is 0 Å². The number of rotatable bonds is 4.